The van der Waals surface area contributed by atoms with Crippen LogP contribution in [0.2, 0.25) is 0 Å². The Kier molecular flexibility index (Phi) is 24.6. The van der Waals surface area contributed by atoms with E-state index in [2.05, 4.69) is 0 Å². The van der Waals surface area contributed by atoms with Gasteiger partial charge in [-0.25, -0.2) is 0 Å². The molecular formula is CH3CaO3P. The third kappa shape index (κ3) is 84.4. The standard InChI is InChI=1S/CH2O3.Ca.H3P/c2-1(3)4;;/h(H2,2,3,4);;1H3/q;+2;/p-2. The van der Waals surface area contributed by atoms with Crippen molar-refractivity contribution in [3.05, 3.63) is 0 Å². The first-order valence-electron chi connectivity index (χ1n) is 0.612. The topological polar surface area (TPSA) is 63.2 Å². The fourth-order valence-corrected chi connectivity index (χ4v) is 0. The second-order valence-corrected chi connectivity index (χ2v) is 0.250. The van der Waals surface area contributed by atoms with Gasteiger partial charge in [0.2, 0.25) is 0 Å². The number of rotatable bonds is 0. The Bertz CT molecular complexity index is 33.8. The molecule has 0 aliphatic carbocycles. The van der Waals surface area contributed by atoms with Gasteiger partial charge in [-0.1, -0.05) is 0 Å². The third-order valence-corrected chi connectivity index (χ3v) is 0. The van der Waals surface area contributed by atoms with E-state index in [-0.39, 0.29) is 47.6 Å². The Morgan fingerprint density at radius 1 is 1.33 bits per heavy atom. The zero-order valence-corrected chi connectivity index (χ0v) is 6.76. The smallest absolute Gasteiger partial charge is 0.652 e. The van der Waals surface area contributed by atoms with Gasteiger partial charge in [-0.3, -0.25) is 0 Å². The van der Waals surface area contributed by atoms with Crippen molar-refractivity contribution in [3.8, 4) is 0 Å². The van der Waals surface area contributed by atoms with E-state index < -0.39 is 6.16 Å². The molecule has 0 aromatic heterocycles. The Morgan fingerprint density at radius 2 is 1.33 bits per heavy atom. The quantitative estimate of drug-likeness (QED) is 0.266. The van der Waals surface area contributed by atoms with Crippen molar-refractivity contribution < 1.29 is 15.0 Å². The summed E-state index contributed by atoms with van der Waals surface area (Å²) >= 11 is 0. The first-order valence-corrected chi connectivity index (χ1v) is 0.612. The molecule has 0 radical (unpaired) electrons. The number of hydrogen-bond donors (Lipinski definition) is 0. The average molecular weight is 134 g/mol. The van der Waals surface area contributed by atoms with Gasteiger partial charge in [-0.15, -0.1) is 0 Å². The summed E-state index contributed by atoms with van der Waals surface area (Å²) in [5.41, 5.74) is 0. The van der Waals surface area contributed by atoms with Crippen LogP contribution in [0.4, 0.5) is 4.79 Å². The molecule has 0 fully saturated rings. The van der Waals surface area contributed by atoms with Gasteiger partial charge in [0, 0.05) is 0 Å². The van der Waals surface area contributed by atoms with Crippen LogP contribution in [0.1, 0.15) is 0 Å². The zero-order chi connectivity index (χ0) is 3.58. The molecule has 0 N–H and O–H groups in total. The molecule has 3 nitrogen and oxygen atoms in total. The van der Waals surface area contributed by atoms with E-state index in [1.165, 1.54) is 0 Å². The maximum absolute atomic E-state index is 8.33. The molecule has 0 aliphatic rings. The van der Waals surface area contributed by atoms with Crippen LogP contribution in [0.25, 0.3) is 0 Å². The summed E-state index contributed by atoms with van der Waals surface area (Å²) in [5, 5.41) is 16.7. The molecule has 5 heteroatoms. The Hall–Kier alpha value is 0.960. The van der Waals surface area contributed by atoms with E-state index in [0.29, 0.717) is 0 Å². The summed E-state index contributed by atoms with van der Waals surface area (Å²) in [7, 11) is 0. The van der Waals surface area contributed by atoms with Gasteiger partial charge in [0.15, 0.2) is 0 Å². The van der Waals surface area contributed by atoms with E-state index in [4.69, 9.17) is 15.0 Å². The summed E-state index contributed by atoms with van der Waals surface area (Å²) in [6.45, 7) is 0. The molecule has 0 aromatic rings. The Labute approximate surface area is 68.4 Å². The summed E-state index contributed by atoms with van der Waals surface area (Å²) in [6, 6.07) is 0. The van der Waals surface area contributed by atoms with Crippen molar-refractivity contribution in [2.45, 2.75) is 0 Å². The van der Waals surface area contributed by atoms with Crippen molar-refractivity contribution in [3.63, 3.8) is 0 Å². The molecule has 6 heavy (non-hydrogen) atoms. The molecule has 0 aliphatic heterocycles. The van der Waals surface area contributed by atoms with Crippen LogP contribution in [0.15, 0.2) is 0 Å². The Morgan fingerprint density at radius 3 is 1.33 bits per heavy atom. The minimum absolute atomic E-state index is 0. The van der Waals surface area contributed by atoms with Crippen LogP contribution in [-0.4, -0.2) is 43.9 Å². The summed E-state index contributed by atoms with van der Waals surface area (Å²) in [4.78, 5) is 8.33. The first-order chi connectivity index (χ1) is 1.73. The van der Waals surface area contributed by atoms with Gasteiger partial charge in [-0.2, -0.15) is 9.90 Å². The van der Waals surface area contributed by atoms with E-state index in [9.17, 15) is 0 Å². The molecule has 1 atom stereocenters. The summed E-state index contributed by atoms with van der Waals surface area (Å²) in [5.74, 6) is 0. The molecule has 0 spiro atoms. The molecular weight excluding hydrogens is 131 g/mol. The van der Waals surface area contributed by atoms with Crippen LogP contribution in [0.3, 0.4) is 0 Å². The average Bonchev–Trinajstić information content (AvgIpc) is 0.811. The monoisotopic (exact) mass is 134 g/mol. The molecule has 0 amide bonds. The van der Waals surface area contributed by atoms with Gasteiger partial charge in [0.05, 0.1) is 0 Å². The SMILES string of the molecule is O=C([O-])[O-].P.[Ca+2]. The van der Waals surface area contributed by atoms with Gasteiger partial charge in [-0.05, 0) is 6.16 Å². The van der Waals surface area contributed by atoms with E-state index in [1.807, 2.05) is 0 Å². The van der Waals surface area contributed by atoms with Gasteiger partial charge < -0.3 is 15.0 Å². The van der Waals surface area contributed by atoms with Crippen LogP contribution < -0.4 is 10.2 Å². The van der Waals surface area contributed by atoms with Crippen LogP contribution in [-0.2, 0) is 0 Å². The predicted octanol–water partition coefficient (Wildman–Crippen LogP) is -2.77. The number of carboxylic acid groups (broad SMARTS) is 2. The normalized spacial score (nSPS) is 4.00. The van der Waals surface area contributed by atoms with Crippen molar-refractivity contribution >= 4 is 53.8 Å². The first kappa shape index (κ1) is 15.8. The molecule has 1 unspecified atom stereocenters. The molecule has 0 rings (SSSR count). The summed E-state index contributed by atoms with van der Waals surface area (Å²) < 4.78 is 0. The second kappa shape index (κ2) is 9.35. The Balaban J connectivity index is -0.0000000450. The number of carbonyl (C=O) groups excluding carboxylic acids is 1. The fraction of sp³-hybridized carbons (Fsp3) is 0. The number of hydrogen-bond acceptors (Lipinski definition) is 3. The van der Waals surface area contributed by atoms with Gasteiger partial charge >= 0.3 is 37.7 Å². The van der Waals surface area contributed by atoms with Crippen molar-refractivity contribution in [2.75, 3.05) is 0 Å². The molecule has 0 saturated carbocycles. The van der Waals surface area contributed by atoms with Gasteiger partial charge in [0.25, 0.3) is 0 Å². The maximum atomic E-state index is 8.33. The predicted molar refractivity (Wildman–Crippen MR) is 22.3 cm³/mol. The minimum atomic E-state index is -2.33. The van der Waals surface area contributed by atoms with Crippen LogP contribution in [0.5, 0.6) is 0 Å². The van der Waals surface area contributed by atoms with Crippen LogP contribution >= 0.6 is 9.90 Å². The maximum Gasteiger partial charge on any atom is 2.00 e. The largest absolute Gasteiger partial charge is 2.00 e. The molecule has 0 aromatic carbocycles. The zero-order valence-electron chi connectivity index (χ0n) is 3.14. The minimum Gasteiger partial charge on any atom is -0.652 e. The summed E-state index contributed by atoms with van der Waals surface area (Å²) in [6.07, 6.45) is -2.33. The van der Waals surface area contributed by atoms with Crippen molar-refractivity contribution in [2.24, 2.45) is 0 Å². The fourth-order valence-electron chi connectivity index (χ4n) is 0. The van der Waals surface area contributed by atoms with E-state index in [0.717, 1.165) is 0 Å². The van der Waals surface area contributed by atoms with Crippen LogP contribution in [0, 0.1) is 0 Å². The number of carbonyl (C=O) groups is 1. The van der Waals surface area contributed by atoms with Crippen molar-refractivity contribution in [1.82, 2.24) is 0 Å². The van der Waals surface area contributed by atoms with E-state index >= 15 is 0 Å². The second-order valence-electron chi connectivity index (χ2n) is 0.250. The molecule has 0 saturated heterocycles. The van der Waals surface area contributed by atoms with Gasteiger partial charge in [0.1, 0.15) is 0 Å². The molecule has 32 valence electrons. The molecule has 0 bridgehead atoms. The van der Waals surface area contributed by atoms with E-state index in [1.54, 1.807) is 0 Å². The molecule has 0 heterocycles. The van der Waals surface area contributed by atoms with Crippen molar-refractivity contribution in [1.29, 1.82) is 0 Å². The third-order valence-electron chi connectivity index (χ3n) is 0.